The molecule has 1 fully saturated rings. The van der Waals surface area contributed by atoms with E-state index in [1.807, 2.05) is 29.2 Å². The molecule has 5 heteroatoms. The molecule has 1 aliphatic heterocycles. The van der Waals surface area contributed by atoms with Gasteiger partial charge in [0.1, 0.15) is 0 Å². The molecule has 1 saturated heterocycles. The Bertz CT molecular complexity index is 670. The summed E-state index contributed by atoms with van der Waals surface area (Å²) in [5, 5.41) is 4.05. The van der Waals surface area contributed by atoms with Crippen molar-refractivity contribution in [1.82, 2.24) is 9.88 Å². The number of benzene rings is 1. The summed E-state index contributed by atoms with van der Waals surface area (Å²) in [6, 6.07) is 7.90. The van der Waals surface area contributed by atoms with Crippen molar-refractivity contribution in [2.45, 2.75) is 32.1 Å². The number of halogens is 1. The van der Waals surface area contributed by atoms with Crippen LogP contribution in [0.25, 0.3) is 0 Å². The molecule has 2 heterocycles. The molecule has 0 spiro atoms. The lowest BCUT2D eigenvalue weighted by molar-refractivity contribution is -0.130. The first kappa shape index (κ1) is 15.5. The van der Waals surface area contributed by atoms with Gasteiger partial charge in [-0.15, -0.1) is 11.3 Å². The van der Waals surface area contributed by atoms with E-state index in [4.69, 9.17) is 16.6 Å². The summed E-state index contributed by atoms with van der Waals surface area (Å²) < 4.78 is 0. The second-order valence-corrected chi connectivity index (χ2v) is 7.05. The lowest BCUT2D eigenvalue weighted by atomic mass is 9.98. The van der Waals surface area contributed by atoms with Gasteiger partial charge in [0, 0.05) is 42.8 Å². The third-order valence-electron chi connectivity index (χ3n) is 4.11. The van der Waals surface area contributed by atoms with E-state index < -0.39 is 0 Å². The Balaban J connectivity index is 1.71. The first-order valence-corrected chi connectivity index (χ1v) is 8.82. The highest BCUT2D eigenvalue weighted by atomic mass is 35.5. The molecule has 0 N–H and O–H groups in total. The molecule has 0 saturated carbocycles. The fourth-order valence-electron chi connectivity index (χ4n) is 2.89. The van der Waals surface area contributed by atoms with Gasteiger partial charge in [-0.3, -0.25) is 4.79 Å². The van der Waals surface area contributed by atoms with E-state index in [0.717, 1.165) is 53.6 Å². The number of piperidine rings is 1. The topological polar surface area (TPSA) is 33.2 Å². The molecular formula is C17H19ClN2OS. The van der Waals surface area contributed by atoms with Crippen LogP contribution in [-0.4, -0.2) is 28.9 Å². The monoisotopic (exact) mass is 334 g/mol. The minimum atomic E-state index is 0.164. The molecule has 3 nitrogen and oxygen atoms in total. The molecule has 0 radical (unpaired) electrons. The summed E-state index contributed by atoms with van der Waals surface area (Å²) in [6.45, 7) is 3.32. The van der Waals surface area contributed by atoms with Gasteiger partial charge in [0.05, 0.1) is 10.7 Å². The van der Waals surface area contributed by atoms with Gasteiger partial charge in [0.25, 0.3) is 0 Å². The minimum absolute atomic E-state index is 0.164. The molecule has 2 aromatic rings. The van der Waals surface area contributed by atoms with Crippen molar-refractivity contribution in [3.05, 3.63) is 50.9 Å². The second-order valence-electron chi connectivity index (χ2n) is 5.75. The number of aromatic nitrogens is 1. The zero-order chi connectivity index (χ0) is 15.5. The van der Waals surface area contributed by atoms with Crippen molar-refractivity contribution < 1.29 is 4.79 Å². The van der Waals surface area contributed by atoms with Gasteiger partial charge in [0.2, 0.25) is 5.91 Å². The molecule has 1 amide bonds. The Kier molecular flexibility index (Phi) is 4.79. The molecule has 1 aromatic heterocycles. The number of carbonyl (C=O) groups is 1. The van der Waals surface area contributed by atoms with Crippen LogP contribution in [0.5, 0.6) is 0 Å². The summed E-state index contributed by atoms with van der Waals surface area (Å²) >= 11 is 7.92. The fraction of sp³-hybridized carbons (Fsp3) is 0.412. The number of nitrogens with zero attached hydrogens (tertiary/aromatic N) is 2. The van der Waals surface area contributed by atoms with Crippen LogP contribution in [0, 0.1) is 0 Å². The van der Waals surface area contributed by atoms with Gasteiger partial charge in [-0.05, 0) is 24.5 Å². The summed E-state index contributed by atoms with van der Waals surface area (Å²) in [5.74, 6) is 0.542. The molecule has 3 rings (SSSR count). The van der Waals surface area contributed by atoms with Crippen molar-refractivity contribution in [2.75, 3.05) is 13.1 Å². The number of rotatable bonds is 3. The Morgan fingerprint density at radius 1 is 1.45 bits per heavy atom. The molecule has 1 aliphatic rings. The lowest BCUT2D eigenvalue weighted by Crippen LogP contribution is -2.37. The Morgan fingerprint density at radius 3 is 3.05 bits per heavy atom. The normalized spacial score (nSPS) is 18.5. The zero-order valence-electron chi connectivity index (χ0n) is 12.6. The van der Waals surface area contributed by atoms with Crippen molar-refractivity contribution in [2.24, 2.45) is 0 Å². The van der Waals surface area contributed by atoms with Crippen molar-refractivity contribution >= 4 is 28.8 Å². The van der Waals surface area contributed by atoms with Crippen LogP contribution in [0.4, 0.5) is 0 Å². The van der Waals surface area contributed by atoms with E-state index in [1.165, 1.54) is 0 Å². The van der Waals surface area contributed by atoms with Crippen molar-refractivity contribution in [3.8, 4) is 0 Å². The average Bonchev–Trinajstić information content (AvgIpc) is 2.98. The zero-order valence-corrected chi connectivity index (χ0v) is 14.2. The third kappa shape index (κ3) is 3.50. The highest BCUT2D eigenvalue weighted by Crippen LogP contribution is 2.30. The number of amides is 1. The van der Waals surface area contributed by atoms with E-state index in [0.29, 0.717) is 5.92 Å². The molecule has 116 valence electrons. The molecule has 0 unspecified atom stereocenters. The number of thiazole rings is 1. The highest BCUT2D eigenvalue weighted by molar-refractivity contribution is 7.09. The summed E-state index contributed by atoms with van der Waals surface area (Å²) in [7, 11) is 0. The molecule has 0 aliphatic carbocycles. The van der Waals surface area contributed by atoms with Crippen LogP contribution < -0.4 is 0 Å². The first-order chi connectivity index (χ1) is 10.6. The predicted octanol–water partition coefficient (Wildman–Crippen LogP) is 4.11. The maximum Gasteiger partial charge on any atom is 0.219 e. The third-order valence-corrected chi connectivity index (χ3v) is 5.54. The van der Waals surface area contributed by atoms with Crippen LogP contribution in [0.3, 0.4) is 0 Å². The summed E-state index contributed by atoms with van der Waals surface area (Å²) in [6.07, 6.45) is 2.94. The van der Waals surface area contributed by atoms with Gasteiger partial charge in [-0.1, -0.05) is 29.8 Å². The predicted molar refractivity (Wildman–Crippen MR) is 90.6 cm³/mol. The van der Waals surface area contributed by atoms with Gasteiger partial charge in [0.15, 0.2) is 0 Å². The molecular weight excluding hydrogens is 316 g/mol. The smallest absolute Gasteiger partial charge is 0.219 e. The van der Waals surface area contributed by atoms with E-state index in [1.54, 1.807) is 18.3 Å². The second kappa shape index (κ2) is 6.80. The lowest BCUT2D eigenvalue weighted by Gasteiger charge is -2.30. The summed E-state index contributed by atoms with van der Waals surface area (Å²) in [4.78, 5) is 18.3. The largest absolute Gasteiger partial charge is 0.342 e. The standard InChI is InChI=1S/C17H19ClN2OS/c1-12(21)20-8-4-6-14(10-20)17-19-15(11-22-17)9-13-5-2-3-7-16(13)18/h2-3,5,7,11,14H,4,6,8-10H2,1H3/t14-/m1/s1. The minimum Gasteiger partial charge on any atom is -0.342 e. The Labute approximate surface area is 139 Å². The van der Waals surface area contributed by atoms with Crippen LogP contribution in [-0.2, 0) is 11.2 Å². The molecule has 0 bridgehead atoms. The maximum atomic E-state index is 11.6. The fourth-order valence-corrected chi connectivity index (χ4v) is 4.04. The Hall–Kier alpha value is -1.39. The number of hydrogen-bond donors (Lipinski definition) is 0. The van der Waals surface area contributed by atoms with Crippen LogP contribution in [0.2, 0.25) is 5.02 Å². The van der Waals surface area contributed by atoms with Gasteiger partial charge in [-0.25, -0.2) is 4.98 Å². The van der Waals surface area contributed by atoms with E-state index in [-0.39, 0.29) is 5.91 Å². The van der Waals surface area contributed by atoms with Crippen molar-refractivity contribution in [3.63, 3.8) is 0 Å². The first-order valence-electron chi connectivity index (χ1n) is 7.56. The molecule has 22 heavy (non-hydrogen) atoms. The van der Waals surface area contributed by atoms with Gasteiger partial charge < -0.3 is 4.90 Å². The van der Waals surface area contributed by atoms with Crippen LogP contribution in [0.1, 0.15) is 41.9 Å². The molecule has 1 aromatic carbocycles. The van der Waals surface area contributed by atoms with Gasteiger partial charge in [-0.2, -0.15) is 0 Å². The number of carbonyl (C=O) groups excluding carboxylic acids is 1. The number of hydrogen-bond acceptors (Lipinski definition) is 3. The molecule has 1 atom stereocenters. The van der Waals surface area contributed by atoms with Crippen LogP contribution >= 0.6 is 22.9 Å². The van der Waals surface area contributed by atoms with E-state index in [2.05, 4.69) is 5.38 Å². The SMILES string of the molecule is CC(=O)N1CCC[C@@H](c2nc(Cc3ccccc3Cl)cs2)C1. The van der Waals surface area contributed by atoms with E-state index in [9.17, 15) is 4.79 Å². The quantitative estimate of drug-likeness (QED) is 0.846. The Morgan fingerprint density at radius 2 is 2.27 bits per heavy atom. The number of likely N-dealkylation sites (tertiary alicyclic amines) is 1. The van der Waals surface area contributed by atoms with Gasteiger partial charge >= 0.3 is 0 Å². The summed E-state index contributed by atoms with van der Waals surface area (Å²) in [5.41, 5.74) is 2.17. The average molecular weight is 335 g/mol. The maximum absolute atomic E-state index is 11.6. The van der Waals surface area contributed by atoms with E-state index >= 15 is 0 Å². The van der Waals surface area contributed by atoms with Crippen LogP contribution in [0.15, 0.2) is 29.6 Å². The van der Waals surface area contributed by atoms with Crippen molar-refractivity contribution in [1.29, 1.82) is 0 Å². The highest BCUT2D eigenvalue weighted by Gasteiger charge is 2.25.